The first-order valence-electron chi connectivity index (χ1n) is 28.2. The first kappa shape index (κ1) is 67.8. The highest BCUT2D eigenvalue weighted by atomic mass is 35.5. The summed E-state index contributed by atoms with van der Waals surface area (Å²) in [6, 6.07) is 38.2. The van der Waals surface area contributed by atoms with Gasteiger partial charge in [-0.2, -0.15) is 0 Å². The van der Waals surface area contributed by atoms with Crippen molar-refractivity contribution in [1.29, 1.82) is 0 Å². The quantitative estimate of drug-likeness (QED) is 0.0348. The molecule has 0 atom stereocenters. The molecule has 8 rings (SSSR count). The molecule has 0 radical (unpaired) electrons. The van der Waals surface area contributed by atoms with Crippen LogP contribution in [0.1, 0.15) is 85.9 Å². The zero-order valence-electron chi connectivity index (χ0n) is 49.7. The molecule has 2 heterocycles. The van der Waals surface area contributed by atoms with Crippen LogP contribution in [-0.4, -0.2) is 109 Å². The monoisotopic (exact) mass is 1170 g/mol. The number of phenolic OH excluding ortho intramolecular Hbond substituents is 4. The van der Waals surface area contributed by atoms with Gasteiger partial charge in [0.1, 0.15) is 23.0 Å². The fourth-order valence-corrected chi connectivity index (χ4v) is 8.73. The highest BCUT2D eigenvalue weighted by Gasteiger charge is 2.12. The van der Waals surface area contributed by atoms with Crippen LogP contribution in [-0.2, 0) is 29.2 Å². The molecule has 0 aliphatic heterocycles. The van der Waals surface area contributed by atoms with Gasteiger partial charge >= 0.3 is 0 Å². The van der Waals surface area contributed by atoms with E-state index >= 15 is 0 Å². The van der Waals surface area contributed by atoms with Crippen LogP contribution in [0.4, 0.5) is 34.1 Å². The van der Waals surface area contributed by atoms with E-state index in [0.29, 0.717) is 32.9 Å². The second kappa shape index (κ2) is 36.0. The molecule has 0 aliphatic carbocycles. The predicted molar refractivity (Wildman–Crippen MR) is 345 cm³/mol. The van der Waals surface area contributed by atoms with Crippen molar-refractivity contribution in [2.24, 2.45) is 0 Å². The summed E-state index contributed by atoms with van der Waals surface area (Å²) >= 11 is 12.1. The van der Waals surface area contributed by atoms with Crippen LogP contribution in [0.15, 0.2) is 140 Å². The maximum atomic E-state index is 10.9. The topological polar surface area (TPSA) is 211 Å². The van der Waals surface area contributed by atoms with Gasteiger partial charge in [-0.05, 0) is 131 Å². The molecule has 18 heteroatoms. The molecule has 9 N–H and O–H groups in total. The van der Waals surface area contributed by atoms with E-state index in [9.17, 15) is 24.9 Å². The van der Waals surface area contributed by atoms with Gasteiger partial charge < -0.3 is 47.0 Å². The van der Waals surface area contributed by atoms with E-state index in [1.54, 1.807) is 54.9 Å². The Hall–Kier alpha value is -7.70. The summed E-state index contributed by atoms with van der Waals surface area (Å²) in [5.74, 6) is 0.701. The third kappa shape index (κ3) is 23.2. The number of hydrogen-bond donors (Lipinski definition) is 9. The fourth-order valence-electron chi connectivity index (χ4n) is 8.40. The number of carbonyl (C=O) groups excluding carboxylic acids is 2. The summed E-state index contributed by atoms with van der Waals surface area (Å²) in [5, 5.41) is 57.9. The van der Waals surface area contributed by atoms with Crippen molar-refractivity contribution >= 4 is 90.9 Å². The fraction of sp³-hybridized carbons (Fsp3) is 0.323. The molecule has 83 heavy (non-hydrogen) atoms. The summed E-state index contributed by atoms with van der Waals surface area (Å²) in [6.45, 7) is 29.9. The summed E-state index contributed by atoms with van der Waals surface area (Å²) in [6.07, 6.45) is 3.49. The van der Waals surface area contributed by atoms with Gasteiger partial charge in [0, 0.05) is 142 Å². The minimum atomic E-state index is -0.143. The van der Waals surface area contributed by atoms with E-state index in [1.807, 2.05) is 78.9 Å². The normalized spacial score (nSPS) is 10.6. The Morgan fingerprint density at radius 1 is 0.446 bits per heavy atom. The Kier molecular flexibility index (Phi) is 29.4. The molecular formula is C65H84Cl2N10O6. The average molecular weight is 1170 g/mol. The second-order valence-corrected chi connectivity index (χ2v) is 19.9. The number of halogens is 2. The first-order chi connectivity index (χ1) is 39.9. The van der Waals surface area contributed by atoms with Crippen LogP contribution in [0, 0.1) is 0 Å². The van der Waals surface area contributed by atoms with Crippen molar-refractivity contribution in [2.45, 2.75) is 88.9 Å². The Morgan fingerprint density at radius 3 is 1.13 bits per heavy atom. The lowest BCUT2D eigenvalue weighted by atomic mass is 10.1. The Bertz CT molecular complexity index is 3130. The largest absolute Gasteiger partial charge is 0.508 e. The third-order valence-electron chi connectivity index (χ3n) is 13.1. The highest BCUT2D eigenvalue weighted by molar-refractivity contribution is 6.31. The molecule has 0 bridgehead atoms. The highest BCUT2D eigenvalue weighted by Crippen LogP contribution is 2.32. The van der Waals surface area contributed by atoms with Gasteiger partial charge in [0.25, 0.3) is 0 Å². The van der Waals surface area contributed by atoms with Gasteiger partial charge in [0.05, 0.1) is 11.0 Å². The van der Waals surface area contributed by atoms with Gasteiger partial charge in [0.15, 0.2) is 0 Å². The van der Waals surface area contributed by atoms with Gasteiger partial charge in [-0.1, -0.05) is 103 Å². The van der Waals surface area contributed by atoms with Crippen LogP contribution in [0.5, 0.6) is 23.0 Å². The summed E-state index contributed by atoms with van der Waals surface area (Å²) in [7, 11) is 0. The zero-order chi connectivity index (χ0) is 60.8. The zero-order valence-corrected chi connectivity index (χ0v) is 51.2. The number of nitrogens with one attached hydrogen (secondary N) is 5. The Morgan fingerprint density at radius 2 is 0.807 bits per heavy atom. The minimum absolute atomic E-state index is 0.138. The first-order valence-corrected chi connectivity index (χ1v) is 28.9. The predicted octanol–water partition coefficient (Wildman–Crippen LogP) is 14.5. The van der Waals surface area contributed by atoms with Crippen molar-refractivity contribution in [1.82, 2.24) is 30.0 Å². The molecule has 0 spiro atoms. The molecule has 8 aromatic rings. The number of carbonyl (C=O) groups is 2. The van der Waals surface area contributed by atoms with E-state index in [2.05, 4.69) is 107 Å². The Balaban J connectivity index is 0.000000240. The SMILES string of the molecule is CC(=O)Nc1cccc(O)c1.CCN(CC)Cc1ccc(NC(C)=O)cc1O.CCN(CC)Cc1ccc(Nc2ccnc3cc(Cl)ccc23)cc1O.CCN(CC)Cc1ccc(Nc2ccnc3cc(Cl)ccc23)cc1O.CCNCC. The number of amides is 2. The molecule has 16 nitrogen and oxygen atoms in total. The smallest absolute Gasteiger partial charge is 0.221 e. The maximum absolute atomic E-state index is 10.9. The number of fused-ring (bicyclic) bond motifs is 2. The minimum Gasteiger partial charge on any atom is -0.508 e. The lowest BCUT2D eigenvalue weighted by Crippen LogP contribution is -2.22. The molecule has 0 saturated heterocycles. The average Bonchev–Trinajstić information content (AvgIpc) is 3.63. The van der Waals surface area contributed by atoms with Crippen molar-refractivity contribution in [2.75, 3.05) is 73.6 Å². The number of hydrogen-bond acceptors (Lipinski definition) is 14. The van der Waals surface area contributed by atoms with Crippen molar-refractivity contribution in [3.8, 4) is 23.0 Å². The summed E-state index contributed by atoms with van der Waals surface area (Å²) in [4.78, 5) is 36.9. The number of phenols is 4. The van der Waals surface area contributed by atoms with Crippen LogP contribution in [0.2, 0.25) is 10.0 Å². The molecule has 0 fully saturated rings. The van der Waals surface area contributed by atoms with Crippen molar-refractivity contribution < 1.29 is 30.0 Å². The molecular weight excluding hydrogens is 1090 g/mol. The number of aromatic nitrogens is 2. The number of benzene rings is 6. The lowest BCUT2D eigenvalue weighted by Gasteiger charge is -2.19. The van der Waals surface area contributed by atoms with Crippen molar-refractivity contribution in [3.05, 3.63) is 167 Å². The maximum Gasteiger partial charge on any atom is 0.221 e. The molecule has 444 valence electrons. The number of nitrogens with zero attached hydrogens (tertiary/aromatic N) is 5. The van der Waals surface area contributed by atoms with E-state index in [0.717, 1.165) is 133 Å². The summed E-state index contributed by atoms with van der Waals surface area (Å²) < 4.78 is 0. The molecule has 2 aromatic heterocycles. The van der Waals surface area contributed by atoms with Gasteiger partial charge in [-0.25, -0.2) is 0 Å². The van der Waals surface area contributed by atoms with Crippen LogP contribution >= 0.6 is 23.2 Å². The van der Waals surface area contributed by atoms with E-state index in [-0.39, 0.29) is 23.3 Å². The molecule has 0 unspecified atom stereocenters. The molecule has 0 saturated carbocycles. The number of rotatable bonds is 20. The van der Waals surface area contributed by atoms with E-state index in [4.69, 9.17) is 28.3 Å². The molecule has 0 aliphatic rings. The standard InChI is InChI=1S/2C20H22ClN3O.C13H20N2O2.C8H9NO2.C4H11N/c2*1-3-24(4-2)13-14-5-7-16(12-20(14)25)23-18-9-10-22-19-11-15(21)6-8-17(18)19;1-4-15(5-2)9-11-6-7-12(8-13(11)17)14-10(3)16;1-6(10)9-7-3-2-4-8(11)5-7;1-3-5-4-2/h2*5-12,25H,3-4,13H2,1-2H3,(H,22,23);6-8,17H,4-5,9H2,1-3H3,(H,14,16);2-5,11H,1H3,(H,9,10);5H,3-4H2,1-2H3. The Labute approximate surface area is 500 Å². The second-order valence-electron chi connectivity index (χ2n) is 19.1. The van der Waals surface area contributed by atoms with Gasteiger partial charge in [-0.3, -0.25) is 34.3 Å². The van der Waals surface area contributed by atoms with Crippen molar-refractivity contribution in [3.63, 3.8) is 0 Å². The third-order valence-corrected chi connectivity index (χ3v) is 13.5. The lowest BCUT2D eigenvalue weighted by molar-refractivity contribution is -0.115. The van der Waals surface area contributed by atoms with Crippen LogP contribution in [0.3, 0.4) is 0 Å². The van der Waals surface area contributed by atoms with E-state index < -0.39 is 0 Å². The number of pyridine rings is 2. The van der Waals surface area contributed by atoms with Crippen LogP contribution in [0.25, 0.3) is 21.8 Å². The molecule has 2 amide bonds. The number of aromatic hydroxyl groups is 4. The van der Waals surface area contributed by atoms with E-state index in [1.165, 1.54) is 19.9 Å². The molecule has 6 aromatic carbocycles. The van der Waals surface area contributed by atoms with Gasteiger partial charge in [-0.15, -0.1) is 0 Å². The van der Waals surface area contributed by atoms with Crippen LogP contribution < -0.4 is 26.6 Å². The summed E-state index contributed by atoms with van der Waals surface area (Å²) in [5.41, 5.74) is 9.17. The number of anilines is 6. The van der Waals surface area contributed by atoms with Gasteiger partial charge in [0.2, 0.25) is 11.8 Å².